The van der Waals surface area contributed by atoms with E-state index in [-0.39, 0.29) is 0 Å². The summed E-state index contributed by atoms with van der Waals surface area (Å²) in [6, 6.07) is 8.56. The summed E-state index contributed by atoms with van der Waals surface area (Å²) in [5.74, 6) is 7.15. The molecule has 3 heteroatoms. The topological polar surface area (TPSA) is 27.1 Å². The summed E-state index contributed by atoms with van der Waals surface area (Å²) in [4.78, 5) is 4.28. The van der Waals surface area contributed by atoms with Gasteiger partial charge in [-0.15, -0.1) is 0 Å². The fourth-order valence-corrected chi connectivity index (χ4v) is 2.88. The van der Waals surface area contributed by atoms with Crippen molar-refractivity contribution < 1.29 is 4.74 Å². The fourth-order valence-electron chi connectivity index (χ4n) is 2.88. The maximum Gasteiger partial charge on any atom is 0.137 e. The monoisotopic (exact) mass is 280 g/mol. The minimum atomic E-state index is 0.613. The smallest absolute Gasteiger partial charge is 0.137 e. The molecule has 0 atom stereocenters. The van der Waals surface area contributed by atoms with E-state index in [9.17, 15) is 0 Å². The van der Waals surface area contributed by atoms with Crippen molar-refractivity contribution in [3.63, 3.8) is 0 Å². The van der Waals surface area contributed by atoms with Crippen LogP contribution in [0.1, 0.15) is 49.5 Å². The molecule has 0 unspecified atom stereocenters. The number of aromatic nitrogens is 2. The van der Waals surface area contributed by atoms with E-state index < -0.39 is 0 Å². The van der Waals surface area contributed by atoms with Gasteiger partial charge in [0.25, 0.3) is 0 Å². The Balaban J connectivity index is 1.79. The third kappa shape index (κ3) is 3.28. The number of pyridine rings is 1. The Bertz CT molecular complexity index is 640. The van der Waals surface area contributed by atoms with Gasteiger partial charge in [-0.25, -0.2) is 4.98 Å². The number of nitrogens with zero attached hydrogens (tertiary/aromatic N) is 2. The molecule has 3 rings (SSSR count). The summed E-state index contributed by atoms with van der Waals surface area (Å²) < 4.78 is 7.43. The van der Waals surface area contributed by atoms with E-state index in [0.29, 0.717) is 6.04 Å². The molecule has 0 spiro atoms. The van der Waals surface area contributed by atoms with Gasteiger partial charge in [0, 0.05) is 12.2 Å². The predicted octanol–water partition coefficient (Wildman–Crippen LogP) is 3.80. The Hall–Kier alpha value is -2.21. The minimum absolute atomic E-state index is 0.613. The highest BCUT2D eigenvalue weighted by molar-refractivity contribution is 5.38. The zero-order valence-electron chi connectivity index (χ0n) is 12.4. The summed E-state index contributed by atoms with van der Waals surface area (Å²) >= 11 is 0. The molecule has 2 heterocycles. The zero-order chi connectivity index (χ0) is 14.5. The largest absolute Gasteiger partial charge is 0.495 e. The molecule has 1 saturated carbocycles. The predicted molar refractivity (Wildman–Crippen MR) is 83.3 cm³/mol. The Morgan fingerprint density at radius 2 is 2.00 bits per heavy atom. The number of hydrogen-bond donors (Lipinski definition) is 0. The first-order valence-electron chi connectivity index (χ1n) is 7.56. The lowest BCUT2D eigenvalue weighted by atomic mass is 9.95. The maximum atomic E-state index is 5.10. The van der Waals surface area contributed by atoms with E-state index in [1.54, 1.807) is 13.3 Å². The SMILES string of the molecule is COc1ccc(C#Cc2cccn2C2CCCCC2)nc1. The molecule has 1 aliphatic rings. The van der Waals surface area contributed by atoms with E-state index in [0.717, 1.165) is 17.1 Å². The summed E-state index contributed by atoms with van der Waals surface area (Å²) in [5, 5.41) is 0. The van der Waals surface area contributed by atoms with Crippen molar-refractivity contribution in [1.82, 2.24) is 9.55 Å². The molecule has 0 amide bonds. The number of methoxy groups -OCH3 is 1. The average Bonchev–Trinajstić information content (AvgIpc) is 3.03. The summed E-state index contributed by atoms with van der Waals surface area (Å²) in [6.45, 7) is 0. The molecule has 0 aliphatic heterocycles. The average molecular weight is 280 g/mol. The Kier molecular flexibility index (Phi) is 4.25. The van der Waals surface area contributed by atoms with Gasteiger partial charge in [-0.2, -0.15) is 0 Å². The quantitative estimate of drug-likeness (QED) is 0.782. The molecule has 0 radical (unpaired) electrons. The second-order valence-electron chi connectivity index (χ2n) is 5.43. The highest BCUT2D eigenvalue weighted by atomic mass is 16.5. The normalized spacial score (nSPS) is 15.3. The van der Waals surface area contributed by atoms with Crippen molar-refractivity contribution >= 4 is 0 Å². The van der Waals surface area contributed by atoms with Crippen molar-refractivity contribution in [2.45, 2.75) is 38.1 Å². The second kappa shape index (κ2) is 6.49. The van der Waals surface area contributed by atoms with Crippen LogP contribution in [0.15, 0.2) is 36.7 Å². The van der Waals surface area contributed by atoms with E-state index in [4.69, 9.17) is 4.74 Å². The van der Waals surface area contributed by atoms with Crippen molar-refractivity contribution in [1.29, 1.82) is 0 Å². The molecule has 0 saturated heterocycles. The van der Waals surface area contributed by atoms with Gasteiger partial charge in [-0.3, -0.25) is 0 Å². The van der Waals surface area contributed by atoms with Gasteiger partial charge in [0.15, 0.2) is 0 Å². The Labute approximate surface area is 126 Å². The molecule has 1 fully saturated rings. The molecule has 3 nitrogen and oxygen atoms in total. The molecular weight excluding hydrogens is 260 g/mol. The van der Waals surface area contributed by atoms with Crippen LogP contribution in [0.25, 0.3) is 0 Å². The van der Waals surface area contributed by atoms with Crippen molar-refractivity contribution in [3.05, 3.63) is 48.0 Å². The minimum Gasteiger partial charge on any atom is -0.495 e. The maximum absolute atomic E-state index is 5.10. The van der Waals surface area contributed by atoms with Gasteiger partial charge in [-0.05, 0) is 48.9 Å². The standard InChI is InChI=1S/C18H20N2O/c1-21-18-12-10-15(19-14-18)9-11-17-8-5-13-20(17)16-6-3-2-4-7-16/h5,8,10,12-14,16H,2-4,6-7H2,1H3. The molecule has 21 heavy (non-hydrogen) atoms. The van der Waals surface area contributed by atoms with Crippen LogP contribution in [-0.4, -0.2) is 16.7 Å². The van der Waals surface area contributed by atoms with Crippen LogP contribution in [0, 0.1) is 11.8 Å². The van der Waals surface area contributed by atoms with Crippen LogP contribution in [-0.2, 0) is 0 Å². The number of rotatable bonds is 2. The van der Waals surface area contributed by atoms with E-state index in [1.807, 2.05) is 12.1 Å². The van der Waals surface area contributed by atoms with Crippen LogP contribution < -0.4 is 4.74 Å². The molecule has 2 aromatic heterocycles. The van der Waals surface area contributed by atoms with E-state index >= 15 is 0 Å². The van der Waals surface area contributed by atoms with Crippen LogP contribution in [0.3, 0.4) is 0 Å². The Morgan fingerprint density at radius 1 is 1.14 bits per heavy atom. The van der Waals surface area contributed by atoms with Gasteiger partial charge in [0.2, 0.25) is 0 Å². The molecular formula is C18H20N2O. The van der Waals surface area contributed by atoms with Gasteiger partial charge < -0.3 is 9.30 Å². The fraction of sp³-hybridized carbons (Fsp3) is 0.389. The van der Waals surface area contributed by atoms with Crippen molar-refractivity contribution in [2.75, 3.05) is 7.11 Å². The van der Waals surface area contributed by atoms with E-state index in [2.05, 4.69) is 39.7 Å². The highest BCUT2D eigenvalue weighted by Gasteiger charge is 2.16. The first kappa shape index (κ1) is 13.8. The molecule has 108 valence electrons. The summed E-state index contributed by atoms with van der Waals surface area (Å²) in [6.07, 6.45) is 10.4. The molecule has 2 aromatic rings. The van der Waals surface area contributed by atoms with Crippen molar-refractivity contribution in [3.8, 4) is 17.6 Å². The molecule has 0 N–H and O–H groups in total. The first-order chi connectivity index (χ1) is 10.4. The van der Waals surface area contributed by atoms with Crippen LogP contribution >= 0.6 is 0 Å². The Morgan fingerprint density at radius 3 is 2.71 bits per heavy atom. The van der Waals surface area contributed by atoms with Crippen LogP contribution in [0.2, 0.25) is 0 Å². The summed E-state index contributed by atoms with van der Waals surface area (Å²) in [7, 11) is 1.64. The second-order valence-corrected chi connectivity index (χ2v) is 5.43. The third-order valence-corrected chi connectivity index (χ3v) is 4.04. The van der Waals surface area contributed by atoms with E-state index in [1.165, 1.54) is 32.1 Å². The number of hydrogen-bond acceptors (Lipinski definition) is 2. The van der Waals surface area contributed by atoms with Gasteiger partial charge >= 0.3 is 0 Å². The summed E-state index contributed by atoms with van der Waals surface area (Å²) in [5.41, 5.74) is 1.85. The van der Waals surface area contributed by atoms with Gasteiger partial charge in [0.1, 0.15) is 11.4 Å². The van der Waals surface area contributed by atoms with Gasteiger partial charge in [-0.1, -0.05) is 19.3 Å². The molecule has 1 aliphatic carbocycles. The lowest BCUT2D eigenvalue weighted by molar-refractivity contribution is 0.352. The third-order valence-electron chi connectivity index (χ3n) is 4.04. The molecule has 0 aromatic carbocycles. The zero-order valence-corrected chi connectivity index (χ0v) is 12.4. The first-order valence-corrected chi connectivity index (χ1v) is 7.56. The highest BCUT2D eigenvalue weighted by Crippen LogP contribution is 2.29. The van der Waals surface area contributed by atoms with Crippen LogP contribution in [0.5, 0.6) is 5.75 Å². The van der Waals surface area contributed by atoms with Crippen molar-refractivity contribution in [2.24, 2.45) is 0 Å². The van der Waals surface area contributed by atoms with Gasteiger partial charge in [0.05, 0.1) is 19.0 Å². The lowest BCUT2D eigenvalue weighted by Gasteiger charge is -2.24. The lowest BCUT2D eigenvalue weighted by Crippen LogP contribution is -2.13. The van der Waals surface area contributed by atoms with Crippen LogP contribution in [0.4, 0.5) is 0 Å². The number of ether oxygens (including phenoxy) is 1. The molecule has 0 bridgehead atoms.